The molecule has 1 aliphatic carbocycles. The van der Waals surface area contributed by atoms with Crippen molar-refractivity contribution in [2.45, 2.75) is 34.5 Å². The average Bonchev–Trinajstić information content (AvgIpc) is 3.05. The van der Waals surface area contributed by atoms with Gasteiger partial charge in [-0.1, -0.05) is 12.1 Å². The zero-order valence-electron chi connectivity index (χ0n) is 11.7. The summed E-state index contributed by atoms with van der Waals surface area (Å²) in [6.07, 6.45) is 2.75. The van der Waals surface area contributed by atoms with E-state index >= 15 is 0 Å². The first-order valence-electron chi connectivity index (χ1n) is 6.23. The van der Waals surface area contributed by atoms with Gasteiger partial charge in [0.05, 0.1) is 16.2 Å². The molecule has 1 aromatic carbocycles. The fourth-order valence-corrected chi connectivity index (χ4v) is 5.39. The lowest BCUT2D eigenvalue weighted by molar-refractivity contribution is -0.137. The highest BCUT2D eigenvalue weighted by Gasteiger charge is 2.49. The van der Waals surface area contributed by atoms with E-state index in [2.05, 4.69) is 0 Å². The highest BCUT2D eigenvalue weighted by atomic mass is 32.2. The van der Waals surface area contributed by atoms with Gasteiger partial charge < -0.3 is 5.11 Å². The zero-order valence-corrected chi connectivity index (χ0v) is 13.3. The van der Waals surface area contributed by atoms with Gasteiger partial charge in [0.2, 0.25) is 0 Å². The summed E-state index contributed by atoms with van der Waals surface area (Å²) in [5.74, 6) is -1.03. The summed E-state index contributed by atoms with van der Waals surface area (Å²) in [7, 11) is -7.52. The van der Waals surface area contributed by atoms with E-state index in [-0.39, 0.29) is 16.2 Å². The normalized spacial score (nSPS) is 17.4. The molecule has 0 bridgehead atoms. The summed E-state index contributed by atoms with van der Waals surface area (Å²) in [4.78, 5) is 10.5. The molecular formula is C13H16O6S2. The Kier molecular flexibility index (Phi) is 3.66. The van der Waals surface area contributed by atoms with Gasteiger partial charge in [-0.3, -0.25) is 4.79 Å². The van der Waals surface area contributed by atoms with E-state index in [4.69, 9.17) is 5.11 Å². The number of rotatable bonds is 5. The largest absolute Gasteiger partial charge is 0.481 e. The third-order valence-electron chi connectivity index (χ3n) is 3.66. The van der Waals surface area contributed by atoms with Gasteiger partial charge in [-0.05, 0) is 24.5 Å². The maximum Gasteiger partial charge on any atom is 0.304 e. The minimum absolute atomic E-state index is 0.206. The standard InChI is InChI=1S/C13H16O6S2/c1-20(16,17)10-5-3-4-9(12(10)21(2,18)19)13(6-7-13)8-11(14)15/h3-5H,6-8H2,1-2H3,(H,14,15). The Labute approximate surface area is 123 Å². The Morgan fingerprint density at radius 3 is 2.10 bits per heavy atom. The molecule has 116 valence electrons. The van der Waals surface area contributed by atoms with E-state index in [1.165, 1.54) is 18.2 Å². The van der Waals surface area contributed by atoms with Crippen LogP contribution in [0.15, 0.2) is 28.0 Å². The van der Waals surface area contributed by atoms with Crippen molar-refractivity contribution in [1.82, 2.24) is 0 Å². The van der Waals surface area contributed by atoms with Gasteiger partial charge in [-0.25, -0.2) is 16.8 Å². The van der Waals surface area contributed by atoms with E-state index in [1.54, 1.807) is 0 Å². The second-order valence-corrected chi connectivity index (χ2v) is 9.46. The van der Waals surface area contributed by atoms with Crippen molar-refractivity contribution in [3.05, 3.63) is 23.8 Å². The number of carbonyl (C=O) groups is 1. The molecule has 0 aromatic heterocycles. The highest BCUT2D eigenvalue weighted by Crippen LogP contribution is 2.53. The van der Waals surface area contributed by atoms with Crippen molar-refractivity contribution in [3.63, 3.8) is 0 Å². The number of aliphatic carboxylic acids is 1. The number of benzene rings is 1. The van der Waals surface area contributed by atoms with Crippen LogP contribution in [0.5, 0.6) is 0 Å². The summed E-state index contributed by atoms with van der Waals surface area (Å²) in [6.45, 7) is 0. The van der Waals surface area contributed by atoms with Crippen LogP contribution < -0.4 is 0 Å². The molecule has 21 heavy (non-hydrogen) atoms. The maximum atomic E-state index is 12.1. The SMILES string of the molecule is CS(=O)(=O)c1cccc(C2(CC(=O)O)CC2)c1S(C)(=O)=O. The van der Waals surface area contributed by atoms with E-state index in [0.717, 1.165) is 12.5 Å². The summed E-state index contributed by atoms with van der Waals surface area (Å²) < 4.78 is 47.8. The monoisotopic (exact) mass is 332 g/mol. The zero-order chi connectivity index (χ0) is 16.1. The van der Waals surface area contributed by atoms with Crippen molar-refractivity contribution in [2.24, 2.45) is 0 Å². The number of sulfone groups is 2. The summed E-state index contributed by atoms with van der Waals surface area (Å²) >= 11 is 0. The van der Waals surface area contributed by atoms with Gasteiger partial charge in [0, 0.05) is 17.9 Å². The molecule has 1 fully saturated rings. The molecule has 6 nitrogen and oxygen atoms in total. The van der Waals surface area contributed by atoms with E-state index in [1.807, 2.05) is 0 Å². The molecular weight excluding hydrogens is 316 g/mol. The molecule has 1 saturated carbocycles. The minimum Gasteiger partial charge on any atom is -0.481 e. The van der Waals surface area contributed by atoms with Crippen molar-refractivity contribution < 1.29 is 26.7 Å². The molecule has 1 N–H and O–H groups in total. The smallest absolute Gasteiger partial charge is 0.304 e. The molecule has 0 aliphatic heterocycles. The quantitative estimate of drug-likeness (QED) is 0.862. The van der Waals surface area contributed by atoms with Crippen LogP contribution in [0.2, 0.25) is 0 Å². The predicted molar refractivity (Wildman–Crippen MR) is 75.8 cm³/mol. The van der Waals surface area contributed by atoms with Crippen LogP contribution in [0.4, 0.5) is 0 Å². The Bertz CT molecular complexity index is 801. The van der Waals surface area contributed by atoms with Gasteiger partial charge in [-0.2, -0.15) is 0 Å². The van der Waals surface area contributed by atoms with Crippen LogP contribution in [-0.4, -0.2) is 40.4 Å². The molecule has 0 spiro atoms. The van der Waals surface area contributed by atoms with Crippen molar-refractivity contribution in [1.29, 1.82) is 0 Å². The molecule has 0 radical (unpaired) electrons. The third kappa shape index (κ3) is 3.11. The van der Waals surface area contributed by atoms with E-state index in [9.17, 15) is 21.6 Å². The Morgan fingerprint density at radius 1 is 1.14 bits per heavy atom. The fraction of sp³-hybridized carbons (Fsp3) is 0.462. The summed E-state index contributed by atoms with van der Waals surface area (Å²) in [5, 5.41) is 9.01. The molecule has 8 heteroatoms. The number of carboxylic acids is 1. The lowest BCUT2D eigenvalue weighted by Crippen LogP contribution is -2.19. The van der Waals surface area contributed by atoms with Crippen molar-refractivity contribution in [3.8, 4) is 0 Å². The first kappa shape index (κ1) is 16.0. The van der Waals surface area contributed by atoms with Crippen molar-refractivity contribution in [2.75, 3.05) is 12.5 Å². The Morgan fingerprint density at radius 2 is 1.71 bits per heavy atom. The van der Waals surface area contributed by atoms with Crippen LogP contribution in [-0.2, 0) is 29.9 Å². The molecule has 0 heterocycles. The Balaban J connectivity index is 2.78. The molecule has 1 aromatic rings. The van der Waals surface area contributed by atoms with Gasteiger partial charge in [0.25, 0.3) is 0 Å². The molecule has 1 aliphatic rings. The predicted octanol–water partition coefficient (Wildman–Crippen LogP) is 1.000. The molecule has 2 rings (SSSR count). The molecule has 0 saturated heterocycles. The van der Waals surface area contributed by atoms with Crippen molar-refractivity contribution >= 4 is 25.6 Å². The first-order valence-corrected chi connectivity index (χ1v) is 10.0. The van der Waals surface area contributed by atoms with Crippen LogP contribution >= 0.6 is 0 Å². The first-order chi connectivity index (χ1) is 9.47. The third-order valence-corrected chi connectivity index (χ3v) is 6.11. The second-order valence-electron chi connectivity index (χ2n) is 5.53. The molecule has 0 atom stereocenters. The van der Waals surface area contributed by atoms with Gasteiger partial charge in [-0.15, -0.1) is 0 Å². The highest BCUT2D eigenvalue weighted by molar-refractivity contribution is 7.93. The van der Waals surface area contributed by atoms with Crippen LogP contribution in [0.1, 0.15) is 24.8 Å². The minimum atomic E-state index is -3.80. The molecule has 0 amide bonds. The number of hydrogen-bond donors (Lipinski definition) is 1. The Hall–Kier alpha value is -1.41. The summed E-state index contributed by atoms with van der Waals surface area (Å²) in [6, 6.07) is 4.22. The van der Waals surface area contributed by atoms with Gasteiger partial charge in [0.15, 0.2) is 19.7 Å². The summed E-state index contributed by atoms with van der Waals surface area (Å²) in [5.41, 5.74) is -0.472. The second kappa shape index (κ2) is 4.81. The maximum absolute atomic E-state index is 12.1. The van der Waals surface area contributed by atoms with Gasteiger partial charge >= 0.3 is 5.97 Å². The van der Waals surface area contributed by atoms with Crippen LogP contribution in [0, 0.1) is 0 Å². The lowest BCUT2D eigenvalue weighted by Gasteiger charge is -2.19. The van der Waals surface area contributed by atoms with Crippen LogP contribution in [0.3, 0.4) is 0 Å². The van der Waals surface area contributed by atoms with E-state index in [0.29, 0.717) is 18.4 Å². The number of hydrogen-bond acceptors (Lipinski definition) is 5. The topological polar surface area (TPSA) is 106 Å². The van der Waals surface area contributed by atoms with E-state index < -0.39 is 31.1 Å². The fourth-order valence-electron chi connectivity index (χ4n) is 2.59. The molecule has 0 unspecified atom stereocenters. The van der Waals surface area contributed by atoms with Crippen LogP contribution in [0.25, 0.3) is 0 Å². The lowest BCUT2D eigenvalue weighted by atomic mass is 9.92. The van der Waals surface area contributed by atoms with Gasteiger partial charge in [0.1, 0.15) is 0 Å². The number of carboxylic acid groups (broad SMARTS) is 1. The average molecular weight is 332 g/mol.